The molecule has 0 aromatic carbocycles. The second-order valence-electron chi connectivity index (χ2n) is 6.19. The molecule has 0 fully saturated rings. The third-order valence-electron chi connectivity index (χ3n) is 4.22. The Morgan fingerprint density at radius 1 is 1.12 bits per heavy atom. The number of urea groups is 1. The summed E-state index contributed by atoms with van der Waals surface area (Å²) in [6, 6.07) is -0.200. The van der Waals surface area contributed by atoms with Gasteiger partial charge in [0.25, 0.3) is 0 Å². The first-order valence-electron chi connectivity index (χ1n) is 8.48. The molecule has 25 heavy (non-hydrogen) atoms. The second-order valence-corrected chi connectivity index (χ2v) is 6.19. The number of carbonyl (C=O) groups excluding carboxylic acids is 3. The van der Waals surface area contributed by atoms with Crippen LogP contribution in [0.25, 0.3) is 0 Å². The van der Waals surface area contributed by atoms with Crippen molar-refractivity contribution in [2.24, 2.45) is 0 Å². The molecule has 1 rings (SSSR count). The molecule has 0 aliphatic heterocycles. The standard InChI is InChI=1S/C18H29N3O4/c1-8-10-20(18(24)19(5)6)11-14(22)15-12(3)16(17(23)25-7)21(9-2)13(15)4/h8-11H2,1-7H3. The number of ketones is 1. The average Bonchev–Trinajstić information content (AvgIpc) is 2.82. The minimum absolute atomic E-state index is 0.0130. The zero-order chi connectivity index (χ0) is 19.3. The number of carbonyl (C=O) groups is 3. The van der Waals surface area contributed by atoms with E-state index in [-0.39, 0.29) is 18.4 Å². The Hall–Kier alpha value is -2.31. The van der Waals surface area contributed by atoms with E-state index >= 15 is 0 Å². The van der Waals surface area contributed by atoms with Gasteiger partial charge in [0.2, 0.25) is 0 Å². The molecule has 0 atom stereocenters. The summed E-state index contributed by atoms with van der Waals surface area (Å²) in [7, 11) is 4.65. The van der Waals surface area contributed by atoms with E-state index in [4.69, 9.17) is 4.74 Å². The molecule has 0 aliphatic rings. The van der Waals surface area contributed by atoms with Crippen molar-refractivity contribution in [1.29, 1.82) is 0 Å². The van der Waals surface area contributed by atoms with E-state index in [1.807, 2.05) is 20.8 Å². The van der Waals surface area contributed by atoms with Crippen LogP contribution in [-0.2, 0) is 11.3 Å². The third-order valence-corrected chi connectivity index (χ3v) is 4.22. The van der Waals surface area contributed by atoms with Crippen LogP contribution in [-0.4, -0.2) is 66.4 Å². The summed E-state index contributed by atoms with van der Waals surface area (Å²) >= 11 is 0. The van der Waals surface area contributed by atoms with Gasteiger partial charge in [-0.05, 0) is 32.8 Å². The molecule has 0 bridgehead atoms. The van der Waals surface area contributed by atoms with Crippen molar-refractivity contribution in [3.63, 3.8) is 0 Å². The topological polar surface area (TPSA) is 71.8 Å². The lowest BCUT2D eigenvalue weighted by Gasteiger charge is -2.25. The number of aromatic nitrogens is 1. The number of Topliss-reactive ketones (excluding diaryl/α,β-unsaturated/α-hetero) is 1. The summed E-state index contributed by atoms with van der Waals surface area (Å²) < 4.78 is 6.64. The van der Waals surface area contributed by atoms with Crippen molar-refractivity contribution in [2.45, 2.75) is 40.7 Å². The summed E-state index contributed by atoms with van der Waals surface area (Å²) in [5, 5.41) is 0. The van der Waals surface area contributed by atoms with Gasteiger partial charge in [0.05, 0.1) is 13.7 Å². The quantitative estimate of drug-likeness (QED) is 0.559. The molecule has 1 aromatic rings. The van der Waals surface area contributed by atoms with E-state index in [9.17, 15) is 14.4 Å². The number of hydrogen-bond donors (Lipinski definition) is 0. The van der Waals surface area contributed by atoms with Crippen LogP contribution in [0.2, 0.25) is 0 Å². The minimum atomic E-state index is -0.462. The van der Waals surface area contributed by atoms with Crippen LogP contribution in [0, 0.1) is 13.8 Å². The minimum Gasteiger partial charge on any atom is -0.464 e. The Labute approximate surface area is 149 Å². The Bertz CT molecular complexity index is 662. The maximum absolute atomic E-state index is 12.9. The normalized spacial score (nSPS) is 10.5. The van der Waals surface area contributed by atoms with Crippen molar-refractivity contribution >= 4 is 17.8 Å². The zero-order valence-corrected chi connectivity index (χ0v) is 16.3. The van der Waals surface area contributed by atoms with Gasteiger partial charge in [0.15, 0.2) is 5.78 Å². The van der Waals surface area contributed by atoms with E-state index in [0.717, 1.165) is 12.1 Å². The van der Waals surface area contributed by atoms with Gasteiger partial charge in [-0.25, -0.2) is 9.59 Å². The van der Waals surface area contributed by atoms with Crippen LogP contribution in [0.15, 0.2) is 0 Å². The lowest BCUT2D eigenvalue weighted by Crippen LogP contribution is -2.42. The molecule has 0 aliphatic carbocycles. The van der Waals surface area contributed by atoms with Gasteiger partial charge < -0.3 is 19.1 Å². The fourth-order valence-electron chi connectivity index (χ4n) is 3.11. The highest BCUT2D eigenvalue weighted by molar-refractivity contribution is 6.04. The molecule has 0 unspecified atom stereocenters. The molecular formula is C18H29N3O4. The molecule has 140 valence electrons. The van der Waals surface area contributed by atoms with Crippen molar-refractivity contribution in [3.8, 4) is 0 Å². The van der Waals surface area contributed by atoms with Crippen LogP contribution in [0.5, 0.6) is 0 Å². The summed E-state index contributed by atoms with van der Waals surface area (Å²) in [6.07, 6.45) is 0.758. The smallest absolute Gasteiger partial charge is 0.354 e. The first-order valence-corrected chi connectivity index (χ1v) is 8.48. The van der Waals surface area contributed by atoms with Crippen LogP contribution < -0.4 is 0 Å². The maximum Gasteiger partial charge on any atom is 0.354 e. The van der Waals surface area contributed by atoms with Gasteiger partial charge in [-0.3, -0.25) is 4.79 Å². The molecule has 7 heteroatoms. The lowest BCUT2D eigenvalue weighted by molar-refractivity contribution is 0.0587. The summed E-state index contributed by atoms with van der Waals surface area (Å²) in [6.45, 7) is 8.47. The van der Waals surface area contributed by atoms with Gasteiger partial charge in [0.1, 0.15) is 5.69 Å². The monoisotopic (exact) mass is 351 g/mol. The molecule has 0 saturated carbocycles. The van der Waals surface area contributed by atoms with E-state index in [1.165, 1.54) is 16.9 Å². The Kier molecular flexibility index (Phi) is 7.21. The van der Waals surface area contributed by atoms with Gasteiger partial charge in [-0.15, -0.1) is 0 Å². The van der Waals surface area contributed by atoms with Crippen molar-refractivity contribution in [3.05, 3.63) is 22.5 Å². The second kappa shape index (κ2) is 8.69. The molecule has 2 amide bonds. The van der Waals surface area contributed by atoms with Crippen LogP contribution >= 0.6 is 0 Å². The molecule has 0 spiro atoms. The van der Waals surface area contributed by atoms with Crippen LogP contribution in [0.1, 0.15) is 52.4 Å². The number of hydrogen-bond acceptors (Lipinski definition) is 4. The highest BCUT2D eigenvalue weighted by Crippen LogP contribution is 2.24. The number of methoxy groups -OCH3 is 1. The van der Waals surface area contributed by atoms with E-state index in [2.05, 4.69) is 0 Å². The summed E-state index contributed by atoms with van der Waals surface area (Å²) in [4.78, 5) is 40.3. The van der Waals surface area contributed by atoms with Crippen molar-refractivity contribution in [1.82, 2.24) is 14.4 Å². The molecule has 1 aromatic heterocycles. The summed E-state index contributed by atoms with van der Waals surface area (Å²) in [5.41, 5.74) is 2.21. The van der Waals surface area contributed by atoms with Crippen molar-refractivity contribution < 1.29 is 19.1 Å². The molecule has 1 heterocycles. The van der Waals surface area contributed by atoms with Gasteiger partial charge in [0, 0.05) is 38.4 Å². The zero-order valence-electron chi connectivity index (χ0n) is 16.3. The molecule has 0 saturated heterocycles. The maximum atomic E-state index is 12.9. The summed E-state index contributed by atoms with van der Waals surface area (Å²) in [5.74, 6) is -0.632. The van der Waals surface area contributed by atoms with E-state index in [1.54, 1.807) is 25.6 Å². The van der Waals surface area contributed by atoms with Crippen LogP contribution in [0.3, 0.4) is 0 Å². The van der Waals surface area contributed by atoms with Gasteiger partial charge in [-0.1, -0.05) is 6.92 Å². The number of esters is 1. The number of ether oxygens (including phenoxy) is 1. The van der Waals surface area contributed by atoms with Crippen molar-refractivity contribution in [2.75, 3.05) is 34.3 Å². The van der Waals surface area contributed by atoms with Gasteiger partial charge in [-0.2, -0.15) is 0 Å². The Morgan fingerprint density at radius 3 is 2.16 bits per heavy atom. The number of rotatable bonds is 7. The molecule has 0 N–H and O–H groups in total. The molecule has 7 nitrogen and oxygen atoms in total. The Balaban J connectivity index is 3.27. The van der Waals surface area contributed by atoms with Crippen LogP contribution in [0.4, 0.5) is 4.79 Å². The first kappa shape index (κ1) is 20.7. The number of amides is 2. The predicted octanol–water partition coefficient (Wildman–Crippen LogP) is 2.49. The highest BCUT2D eigenvalue weighted by Gasteiger charge is 2.28. The SMILES string of the molecule is CCCN(CC(=O)c1c(C)c(C(=O)OC)n(CC)c1C)C(=O)N(C)C. The molecular weight excluding hydrogens is 322 g/mol. The Morgan fingerprint density at radius 2 is 1.72 bits per heavy atom. The largest absolute Gasteiger partial charge is 0.464 e. The third kappa shape index (κ3) is 4.21. The number of nitrogens with zero attached hydrogens (tertiary/aromatic N) is 3. The highest BCUT2D eigenvalue weighted by atomic mass is 16.5. The molecule has 0 radical (unpaired) electrons. The lowest BCUT2D eigenvalue weighted by atomic mass is 10.1. The average molecular weight is 351 g/mol. The van der Waals surface area contributed by atoms with Gasteiger partial charge >= 0.3 is 12.0 Å². The predicted molar refractivity (Wildman–Crippen MR) is 96.2 cm³/mol. The van der Waals surface area contributed by atoms with E-state index < -0.39 is 5.97 Å². The fourth-order valence-corrected chi connectivity index (χ4v) is 3.11. The van der Waals surface area contributed by atoms with E-state index in [0.29, 0.717) is 29.9 Å². The fraction of sp³-hybridized carbons (Fsp3) is 0.611. The first-order chi connectivity index (χ1) is 11.7.